The first-order valence-electron chi connectivity index (χ1n) is 7.72. The largest absolute Gasteiger partial charge is 0.480 e. The Morgan fingerprint density at radius 1 is 1.52 bits per heavy atom. The summed E-state index contributed by atoms with van der Waals surface area (Å²) < 4.78 is 0. The molecule has 1 fully saturated rings. The number of halogens is 1. The molecule has 11 nitrogen and oxygen atoms in total. The van der Waals surface area contributed by atoms with Gasteiger partial charge < -0.3 is 21.5 Å². The maximum Gasteiger partial charge on any atom is 0.326 e. The number of piperidine rings is 1. The molecule has 25 heavy (non-hydrogen) atoms. The molecule has 0 aromatic rings. The quantitative estimate of drug-likeness (QED) is 0.147. The number of aliphatic carboxylic acids is 1. The van der Waals surface area contributed by atoms with Gasteiger partial charge in [-0.05, 0) is 31.6 Å². The summed E-state index contributed by atoms with van der Waals surface area (Å²) in [4.78, 5) is 38.9. The number of rotatable bonds is 7. The highest BCUT2D eigenvalue weighted by atomic mass is 35.5. The number of nitrogens with one attached hydrogen (secondary N) is 1. The number of nitro groups is 1. The van der Waals surface area contributed by atoms with Gasteiger partial charge in [-0.2, -0.15) is 0 Å². The molecule has 1 saturated heterocycles. The van der Waals surface area contributed by atoms with E-state index < -0.39 is 29.0 Å². The molecular weight excluding hydrogens is 356 g/mol. The summed E-state index contributed by atoms with van der Waals surface area (Å²) in [6, 6.07) is -1.68. The Bertz CT molecular complexity index is 517. The lowest BCUT2D eigenvalue weighted by atomic mass is 9.91. The van der Waals surface area contributed by atoms with E-state index in [1.807, 2.05) is 6.92 Å². The van der Waals surface area contributed by atoms with Gasteiger partial charge in [0.25, 0.3) is 5.96 Å². The molecule has 12 heteroatoms. The van der Waals surface area contributed by atoms with Crippen molar-refractivity contribution in [1.29, 1.82) is 0 Å². The second kappa shape index (κ2) is 10.7. The number of aliphatic imine (C=N–C) groups is 1. The minimum absolute atomic E-state index is 0. The molecule has 1 aliphatic rings. The summed E-state index contributed by atoms with van der Waals surface area (Å²) in [7, 11) is 0. The lowest BCUT2D eigenvalue weighted by molar-refractivity contribution is -0.525. The number of likely N-dealkylation sites (tertiary alicyclic amines) is 1. The predicted octanol–water partition coefficient (Wildman–Crippen LogP) is -0.677. The van der Waals surface area contributed by atoms with Gasteiger partial charge in [0.1, 0.15) is 6.04 Å². The smallest absolute Gasteiger partial charge is 0.326 e. The second-order valence-electron chi connectivity index (χ2n) is 5.90. The van der Waals surface area contributed by atoms with Crippen LogP contribution in [0.4, 0.5) is 0 Å². The van der Waals surface area contributed by atoms with Crippen molar-refractivity contribution in [2.45, 2.75) is 44.7 Å². The topological polar surface area (TPSA) is 177 Å². The maximum absolute atomic E-state index is 12.4. The lowest BCUT2D eigenvalue weighted by Crippen LogP contribution is -2.54. The van der Waals surface area contributed by atoms with E-state index in [2.05, 4.69) is 4.99 Å². The number of guanidine groups is 1. The number of carbonyl (C=O) groups is 2. The van der Waals surface area contributed by atoms with E-state index in [9.17, 15) is 24.8 Å². The van der Waals surface area contributed by atoms with Gasteiger partial charge in [-0.25, -0.2) is 19.9 Å². The molecule has 1 heterocycles. The number of carboxylic acid groups (broad SMARTS) is 1. The van der Waals surface area contributed by atoms with Crippen LogP contribution in [0.3, 0.4) is 0 Å². The van der Waals surface area contributed by atoms with E-state index in [1.54, 1.807) is 5.43 Å². The van der Waals surface area contributed by atoms with Crippen LogP contribution in [-0.2, 0) is 9.59 Å². The Hall–Kier alpha value is -2.14. The fraction of sp³-hybridized carbons (Fsp3) is 0.769. The van der Waals surface area contributed by atoms with Crippen molar-refractivity contribution in [1.82, 2.24) is 10.3 Å². The number of nitrogens with zero attached hydrogens (tertiary/aromatic N) is 3. The third-order valence-electron chi connectivity index (χ3n) is 3.91. The molecule has 1 rings (SSSR count). The van der Waals surface area contributed by atoms with Gasteiger partial charge in [-0.1, -0.05) is 12.3 Å². The molecule has 0 spiro atoms. The van der Waals surface area contributed by atoms with Crippen LogP contribution in [0.5, 0.6) is 0 Å². The number of hydrogen-bond acceptors (Lipinski definition) is 6. The van der Waals surface area contributed by atoms with Crippen LogP contribution in [0.2, 0.25) is 0 Å². The lowest BCUT2D eigenvalue weighted by Gasteiger charge is -2.37. The average Bonchev–Trinajstić information content (AvgIpc) is 2.49. The molecule has 0 radical (unpaired) electrons. The number of nitrogens with two attached hydrogens (primary N) is 2. The number of hydrogen-bond donors (Lipinski definition) is 4. The summed E-state index contributed by atoms with van der Waals surface area (Å²) in [5.74, 6) is -1.49. The molecule has 0 saturated carbocycles. The Kier molecular flexibility index (Phi) is 9.76. The van der Waals surface area contributed by atoms with Crippen LogP contribution >= 0.6 is 12.4 Å². The fourth-order valence-electron chi connectivity index (χ4n) is 2.62. The minimum atomic E-state index is -1.02. The Balaban J connectivity index is 0.00000576. The van der Waals surface area contributed by atoms with Gasteiger partial charge in [-0.15, -0.1) is 12.4 Å². The van der Waals surface area contributed by atoms with Crippen molar-refractivity contribution in [2.24, 2.45) is 22.4 Å². The van der Waals surface area contributed by atoms with E-state index in [4.69, 9.17) is 11.5 Å². The summed E-state index contributed by atoms with van der Waals surface area (Å²) >= 11 is 0. The fourth-order valence-corrected chi connectivity index (χ4v) is 2.62. The van der Waals surface area contributed by atoms with Crippen molar-refractivity contribution in [3.05, 3.63) is 10.1 Å². The maximum atomic E-state index is 12.4. The molecule has 144 valence electrons. The molecule has 1 amide bonds. The van der Waals surface area contributed by atoms with Crippen molar-refractivity contribution in [2.75, 3.05) is 13.1 Å². The van der Waals surface area contributed by atoms with E-state index in [0.29, 0.717) is 19.4 Å². The number of carboxylic acids is 1. The first-order chi connectivity index (χ1) is 11.2. The molecular formula is C13H25ClN6O5. The molecule has 1 aliphatic heterocycles. The van der Waals surface area contributed by atoms with Gasteiger partial charge in [0.05, 0.1) is 6.04 Å². The molecule has 0 aromatic carbocycles. The van der Waals surface area contributed by atoms with Crippen LogP contribution < -0.4 is 16.9 Å². The van der Waals surface area contributed by atoms with Crippen LogP contribution in [0.25, 0.3) is 0 Å². The van der Waals surface area contributed by atoms with Gasteiger partial charge in [0.2, 0.25) is 5.91 Å². The summed E-state index contributed by atoms with van der Waals surface area (Å²) in [5.41, 5.74) is 12.8. The molecule has 3 atom stereocenters. The first kappa shape index (κ1) is 22.9. The highest BCUT2D eigenvalue weighted by Crippen LogP contribution is 2.23. The zero-order valence-electron chi connectivity index (χ0n) is 14.0. The van der Waals surface area contributed by atoms with Gasteiger partial charge in [0, 0.05) is 13.1 Å². The van der Waals surface area contributed by atoms with Crippen LogP contribution in [0, 0.1) is 16.0 Å². The number of hydrazine groups is 1. The standard InChI is InChI=1S/C13H24N6O5.ClH/c1-8-4-6-18(10(7-8)12(21)22)11(20)9(14)3-2-5-16-13(15)17-19(23)24;/h8-10H,2-7,14H2,1H3,(H,21,22)(H3,15,16,17);1H/t8-,9?,10-;/m1./s1. The summed E-state index contributed by atoms with van der Waals surface area (Å²) in [5, 5.41) is 18.6. The highest BCUT2D eigenvalue weighted by Gasteiger charge is 2.36. The highest BCUT2D eigenvalue weighted by molar-refractivity contribution is 5.87. The molecule has 0 aromatic heterocycles. The SMILES string of the molecule is C[C@@H]1CCN(C(=O)C(N)CCCN=C(N)N[N+](=O)[O-])[C@@H](C(=O)O)C1.Cl. The number of carbonyl (C=O) groups excluding carboxylic acids is 1. The number of amides is 1. The second-order valence-corrected chi connectivity index (χ2v) is 5.90. The third-order valence-corrected chi connectivity index (χ3v) is 3.91. The molecule has 0 bridgehead atoms. The van der Waals surface area contributed by atoms with Crippen molar-refractivity contribution in [3.63, 3.8) is 0 Å². The zero-order valence-corrected chi connectivity index (χ0v) is 14.8. The third kappa shape index (κ3) is 7.52. The Morgan fingerprint density at radius 2 is 2.16 bits per heavy atom. The van der Waals surface area contributed by atoms with Crippen LogP contribution in [0.1, 0.15) is 32.6 Å². The normalized spacial score (nSPS) is 21.8. The monoisotopic (exact) mass is 380 g/mol. The zero-order chi connectivity index (χ0) is 18.3. The first-order valence-corrected chi connectivity index (χ1v) is 7.72. The average molecular weight is 381 g/mol. The van der Waals surface area contributed by atoms with E-state index >= 15 is 0 Å². The van der Waals surface area contributed by atoms with E-state index in [1.165, 1.54) is 4.90 Å². The van der Waals surface area contributed by atoms with Crippen LogP contribution in [0.15, 0.2) is 4.99 Å². The van der Waals surface area contributed by atoms with Gasteiger partial charge in [-0.3, -0.25) is 4.79 Å². The van der Waals surface area contributed by atoms with Crippen molar-refractivity contribution < 1.29 is 19.7 Å². The van der Waals surface area contributed by atoms with Crippen molar-refractivity contribution in [3.8, 4) is 0 Å². The molecule has 0 aliphatic carbocycles. The van der Waals surface area contributed by atoms with Crippen LogP contribution in [-0.4, -0.2) is 58.0 Å². The predicted molar refractivity (Wildman–Crippen MR) is 92.6 cm³/mol. The Labute approximate surface area is 151 Å². The molecule has 1 unspecified atom stereocenters. The van der Waals surface area contributed by atoms with E-state index in [0.717, 1.165) is 6.42 Å². The molecule has 6 N–H and O–H groups in total. The van der Waals surface area contributed by atoms with Gasteiger partial charge >= 0.3 is 5.97 Å². The van der Waals surface area contributed by atoms with E-state index in [-0.39, 0.29) is 37.3 Å². The summed E-state index contributed by atoms with van der Waals surface area (Å²) in [6.07, 6.45) is 1.85. The van der Waals surface area contributed by atoms with Gasteiger partial charge in [0.15, 0.2) is 5.03 Å². The van der Waals surface area contributed by atoms with Crippen molar-refractivity contribution >= 4 is 30.2 Å². The minimum Gasteiger partial charge on any atom is -0.480 e. The summed E-state index contributed by atoms with van der Waals surface area (Å²) in [6.45, 7) is 2.51. The Morgan fingerprint density at radius 3 is 2.72 bits per heavy atom.